The van der Waals surface area contributed by atoms with Gasteiger partial charge in [-0.3, -0.25) is 9.69 Å². The van der Waals surface area contributed by atoms with E-state index in [0.29, 0.717) is 23.3 Å². The molecule has 2 saturated heterocycles. The number of amides is 1. The summed E-state index contributed by atoms with van der Waals surface area (Å²) >= 11 is 0. The monoisotopic (exact) mass is 359 g/mol. The Morgan fingerprint density at radius 2 is 1.77 bits per heavy atom. The van der Waals surface area contributed by atoms with Gasteiger partial charge in [-0.05, 0) is 51.8 Å². The largest absolute Gasteiger partial charge is 0.496 e. The smallest absolute Gasteiger partial charge is 0.257 e. The number of piperazine rings is 1. The highest BCUT2D eigenvalue weighted by atomic mass is 16.5. The van der Waals surface area contributed by atoms with Gasteiger partial charge in [-0.15, -0.1) is 0 Å². The number of likely N-dealkylation sites (tertiary alicyclic amines) is 1. The zero-order valence-corrected chi connectivity index (χ0v) is 16.7. The fourth-order valence-corrected chi connectivity index (χ4v) is 4.27. The third kappa shape index (κ3) is 4.21. The molecule has 0 radical (unpaired) electrons. The molecular weight excluding hydrogens is 326 g/mol. The van der Waals surface area contributed by atoms with Crippen molar-refractivity contribution >= 4 is 5.91 Å². The van der Waals surface area contributed by atoms with Crippen LogP contribution in [-0.2, 0) is 0 Å². The fourth-order valence-electron chi connectivity index (χ4n) is 4.27. The molecule has 5 nitrogen and oxygen atoms in total. The minimum atomic E-state index is 0.108. The second-order valence-electron chi connectivity index (χ2n) is 7.91. The number of piperidine rings is 1. The average Bonchev–Trinajstić information content (AvgIpc) is 2.67. The number of hydrogen-bond donors (Lipinski definition) is 0. The number of aryl methyl sites for hydroxylation is 1. The molecule has 2 fully saturated rings. The molecule has 1 aromatic rings. The molecule has 2 heterocycles. The lowest BCUT2D eigenvalue weighted by atomic mass is 9.88. The molecule has 0 aromatic heterocycles. The van der Waals surface area contributed by atoms with Gasteiger partial charge in [-0.1, -0.05) is 11.6 Å². The SMILES string of the molecule is COc1ccc(C)cc1C(=O)N1CCC([C@@H](C)N2CCN(C)CC2)CC1. The first kappa shape index (κ1) is 19.2. The molecule has 144 valence electrons. The van der Waals surface area contributed by atoms with Gasteiger partial charge in [0.05, 0.1) is 12.7 Å². The number of likely N-dealkylation sites (N-methyl/N-ethyl adjacent to an activating group) is 1. The summed E-state index contributed by atoms with van der Waals surface area (Å²) in [5.41, 5.74) is 1.78. The van der Waals surface area contributed by atoms with Gasteiger partial charge >= 0.3 is 0 Å². The number of carbonyl (C=O) groups excluding carboxylic acids is 1. The highest BCUT2D eigenvalue weighted by Crippen LogP contribution is 2.28. The lowest BCUT2D eigenvalue weighted by molar-refractivity contribution is 0.0498. The minimum absolute atomic E-state index is 0.108. The summed E-state index contributed by atoms with van der Waals surface area (Å²) in [6.07, 6.45) is 2.18. The Morgan fingerprint density at radius 1 is 1.12 bits per heavy atom. The maximum absolute atomic E-state index is 13.0. The molecule has 0 N–H and O–H groups in total. The van der Waals surface area contributed by atoms with Crippen LogP contribution < -0.4 is 4.74 Å². The van der Waals surface area contributed by atoms with Crippen LogP contribution in [0.25, 0.3) is 0 Å². The Labute approximate surface area is 157 Å². The van der Waals surface area contributed by atoms with Gasteiger partial charge < -0.3 is 14.5 Å². The highest BCUT2D eigenvalue weighted by molar-refractivity contribution is 5.97. The van der Waals surface area contributed by atoms with Crippen molar-refractivity contribution in [2.45, 2.75) is 32.7 Å². The molecule has 0 spiro atoms. The van der Waals surface area contributed by atoms with Gasteiger partial charge in [0.15, 0.2) is 0 Å². The number of rotatable bonds is 4. The summed E-state index contributed by atoms with van der Waals surface area (Å²) < 4.78 is 5.40. The number of benzene rings is 1. The van der Waals surface area contributed by atoms with Crippen molar-refractivity contribution < 1.29 is 9.53 Å². The average molecular weight is 360 g/mol. The number of carbonyl (C=O) groups is 1. The Balaban J connectivity index is 1.58. The van der Waals surface area contributed by atoms with Crippen molar-refractivity contribution in [3.05, 3.63) is 29.3 Å². The first-order valence-corrected chi connectivity index (χ1v) is 9.86. The standard InChI is InChI=1S/C21H33N3O2/c1-16-5-6-20(26-4)19(15-16)21(25)24-9-7-18(8-10-24)17(2)23-13-11-22(3)12-14-23/h5-6,15,17-18H,7-14H2,1-4H3/t17-/m1/s1. The van der Waals surface area contributed by atoms with E-state index in [-0.39, 0.29) is 5.91 Å². The van der Waals surface area contributed by atoms with Crippen molar-refractivity contribution in [1.82, 2.24) is 14.7 Å². The molecule has 2 aliphatic heterocycles. The van der Waals surface area contributed by atoms with E-state index in [2.05, 4.69) is 23.8 Å². The Kier molecular flexibility index (Phi) is 6.20. The maximum Gasteiger partial charge on any atom is 0.257 e. The quantitative estimate of drug-likeness (QED) is 0.828. The number of nitrogens with zero attached hydrogens (tertiary/aromatic N) is 3. The van der Waals surface area contributed by atoms with Crippen LogP contribution in [0, 0.1) is 12.8 Å². The molecule has 2 aliphatic rings. The van der Waals surface area contributed by atoms with E-state index >= 15 is 0 Å². The fraction of sp³-hybridized carbons (Fsp3) is 0.667. The molecule has 0 bridgehead atoms. The molecule has 3 rings (SSSR count). The minimum Gasteiger partial charge on any atom is -0.496 e. The Morgan fingerprint density at radius 3 is 2.38 bits per heavy atom. The Hall–Kier alpha value is -1.59. The van der Waals surface area contributed by atoms with E-state index in [4.69, 9.17) is 4.74 Å². The Bertz CT molecular complexity index is 618. The topological polar surface area (TPSA) is 36.0 Å². The molecule has 1 amide bonds. The van der Waals surface area contributed by atoms with Crippen molar-refractivity contribution in [1.29, 1.82) is 0 Å². The number of ether oxygens (including phenoxy) is 1. The van der Waals surface area contributed by atoms with Crippen molar-refractivity contribution in [2.75, 3.05) is 53.4 Å². The van der Waals surface area contributed by atoms with Crippen molar-refractivity contribution in [3.63, 3.8) is 0 Å². The summed E-state index contributed by atoms with van der Waals surface area (Å²) in [6, 6.07) is 6.43. The molecule has 0 unspecified atom stereocenters. The van der Waals surface area contributed by atoms with Crippen LogP contribution in [-0.4, -0.2) is 80.1 Å². The van der Waals surface area contributed by atoms with Crippen LogP contribution in [0.1, 0.15) is 35.7 Å². The summed E-state index contributed by atoms with van der Waals surface area (Å²) in [5, 5.41) is 0. The van der Waals surface area contributed by atoms with Crippen molar-refractivity contribution in [3.8, 4) is 5.75 Å². The third-order valence-corrected chi connectivity index (χ3v) is 6.21. The molecule has 1 atom stereocenters. The van der Waals surface area contributed by atoms with Crippen LogP contribution in [0.4, 0.5) is 0 Å². The first-order valence-electron chi connectivity index (χ1n) is 9.86. The van der Waals surface area contributed by atoms with Gasteiger partial charge in [0.1, 0.15) is 5.75 Å². The van der Waals surface area contributed by atoms with E-state index in [1.54, 1.807) is 7.11 Å². The lowest BCUT2D eigenvalue weighted by Gasteiger charge is -2.42. The molecule has 26 heavy (non-hydrogen) atoms. The normalized spacial score (nSPS) is 21.6. The van der Waals surface area contributed by atoms with Crippen LogP contribution >= 0.6 is 0 Å². The lowest BCUT2D eigenvalue weighted by Crippen LogP contribution is -2.52. The first-order chi connectivity index (χ1) is 12.5. The van der Waals surface area contributed by atoms with Crippen LogP contribution in [0.3, 0.4) is 0 Å². The molecule has 5 heteroatoms. The van der Waals surface area contributed by atoms with Crippen molar-refractivity contribution in [2.24, 2.45) is 5.92 Å². The summed E-state index contributed by atoms with van der Waals surface area (Å²) in [4.78, 5) is 20.0. The second-order valence-corrected chi connectivity index (χ2v) is 7.91. The van der Waals surface area contributed by atoms with E-state index in [1.807, 2.05) is 30.0 Å². The van der Waals surface area contributed by atoms with E-state index < -0.39 is 0 Å². The van der Waals surface area contributed by atoms with Gasteiger partial charge in [-0.2, -0.15) is 0 Å². The van der Waals surface area contributed by atoms with E-state index in [9.17, 15) is 4.79 Å². The van der Waals surface area contributed by atoms with E-state index in [0.717, 1.165) is 57.7 Å². The van der Waals surface area contributed by atoms with Gasteiger partial charge in [0.25, 0.3) is 5.91 Å². The van der Waals surface area contributed by atoms with Gasteiger partial charge in [0, 0.05) is 45.3 Å². The summed E-state index contributed by atoms with van der Waals surface area (Å²) in [5.74, 6) is 1.46. The second kappa shape index (κ2) is 8.40. The number of methoxy groups -OCH3 is 1. The zero-order valence-electron chi connectivity index (χ0n) is 16.7. The van der Waals surface area contributed by atoms with Crippen LogP contribution in [0.2, 0.25) is 0 Å². The van der Waals surface area contributed by atoms with Crippen LogP contribution in [0.5, 0.6) is 5.75 Å². The van der Waals surface area contributed by atoms with Crippen LogP contribution in [0.15, 0.2) is 18.2 Å². The zero-order chi connectivity index (χ0) is 18.7. The maximum atomic E-state index is 13.0. The molecule has 0 saturated carbocycles. The van der Waals surface area contributed by atoms with E-state index in [1.165, 1.54) is 0 Å². The predicted molar refractivity (Wildman–Crippen MR) is 105 cm³/mol. The van der Waals surface area contributed by atoms with Gasteiger partial charge in [-0.25, -0.2) is 0 Å². The predicted octanol–water partition coefficient (Wildman–Crippen LogP) is 2.49. The van der Waals surface area contributed by atoms with Gasteiger partial charge in [0.2, 0.25) is 0 Å². The molecular formula is C21H33N3O2. The molecule has 1 aromatic carbocycles. The third-order valence-electron chi connectivity index (χ3n) is 6.21. The molecule has 0 aliphatic carbocycles. The highest BCUT2D eigenvalue weighted by Gasteiger charge is 2.31. The summed E-state index contributed by atoms with van der Waals surface area (Å²) in [6.45, 7) is 10.7. The summed E-state index contributed by atoms with van der Waals surface area (Å²) in [7, 11) is 3.83. The number of hydrogen-bond acceptors (Lipinski definition) is 4.